The molecule has 2 rings (SSSR count). The fourth-order valence-electron chi connectivity index (χ4n) is 1.99. The predicted molar refractivity (Wildman–Crippen MR) is 67.0 cm³/mol. The van der Waals surface area contributed by atoms with E-state index in [1.54, 1.807) is 19.2 Å². The molecular formula is C14H20FNO. The third-order valence-corrected chi connectivity index (χ3v) is 3.30. The van der Waals surface area contributed by atoms with Gasteiger partial charge in [0.05, 0.1) is 7.11 Å². The lowest BCUT2D eigenvalue weighted by atomic mass is 9.83. The summed E-state index contributed by atoms with van der Waals surface area (Å²) in [6.45, 7) is 5.07. The molecule has 1 aromatic rings. The van der Waals surface area contributed by atoms with Gasteiger partial charge in [-0.2, -0.15) is 0 Å². The number of ether oxygens (including phenoxy) is 1. The summed E-state index contributed by atoms with van der Waals surface area (Å²) in [5.74, 6) is 0.550. The molecule has 0 aliphatic heterocycles. The number of halogens is 1. The van der Waals surface area contributed by atoms with Crippen LogP contribution in [0.25, 0.3) is 0 Å². The molecule has 1 aromatic carbocycles. The van der Waals surface area contributed by atoms with Gasteiger partial charge in [-0.1, -0.05) is 13.8 Å². The van der Waals surface area contributed by atoms with Crippen LogP contribution >= 0.6 is 0 Å². The van der Waals surface area contributed by atoms with Crippen molar-refractivity contribution in [2.24, 2.45) is 0 Å². The van der Waals surface area contributed by atoms with Crippen molar-refractivity contribution < 1.29 is 9.13 Å². The summed E-state index contributed by atoms with van der Waals surface area (Å²) < 4.78 is 18.7. The Hall–Kier alpha value is -1.09. The van der Waals surface area contributed by atoms with Crippen LogP contribution in [0.1, 0.15) is 32.3 Å². The van der Waals surface area contributed by atoms with Crippen LogP contribution in [0.5, 0.6) is 5.75 Å². The average Bonchev–Trinajstić information content (AvgIpc) is 3.10. The summed E-state index contributed by atoms with van der Waals surface area (Å²) in [5.41, 5.74) is 0.795. The first-order chi connectivity index (χ1) is 8.03. The zero-order valence-corrected chi connectivity index (χ0v) is 10.7. The highest BCUT2D eigenvalue weighted by molar-refractivity contribution is 5.39. The van der Waals surface area contributed by atoms with Crippen molar-refractivity contribution in [3.63, 3.8) is 0 Å². The molecule has 1 aliphatic carbocycles. The molecule has 0 amide bonds. The quantitative estimate of drug-likeness (QED) is 0.850. The van der Waals surface area contributed by atoms with Crippen molar-refractivity contribution in [2.75, 3.05) is 13.7 Å². The number of nitrogens with one attached hydrogen (secondary N) is 1. The number of methoxy groups -OCH3 is 1. The van der Waals surface area contributed by atoms with Crippen LogP contribution < -0.4 is 10.1 Å². The lowest BCUT2D eigenvalue weighted by molar-refractivity contribution is 0.383. The molecule has 0 saturated heterocycles. The van der Waals surface area contributed by atoms with Crippen molar-refractivity contribution in [1.29, 1.82) is 0 Å². The molecule has 0 unspecified atom stereocenters. The highest BCUT2D eigenvalue weighted by Gasteiger charge is 2.28. The van der Waals surface area contributed by atoms with Gasteiger partial charge < -0.3 is 10.1 Å². The van der Waals surface area contributed by atoms with Gasteiger partial charge in [0.25, 0.3) is 0 Å². The van der Waals surface area contributed by atoms with E-state index in [2.05, 4.69) is 19.2 Å². The van der Waals surface area contributed by atoms with Crippen LogP contribution in [0.3, 0.4) is 0 Å². The summed E-state index contributed by atoms with van der Waals surface area (Å²) in [6.07, 6.45) is 2.52. The molecule has 0 aromatic heterocycles. The van der Waals surface area contributed by atoms with Crippen LogP contribution in [-0.4, -0.2) is 19.7 Å². The molecule has 1 aliphatic rings. The van der Waals surface area contributed by atoms with Crippen LogP contribution in [0.4, 0.5) is 4.39 Å². The minimum Gasteiger partial charge on any atom is -0.496 e. The van der Waals surface area contributed by atoms with Crippen LogP contribution in [0.2, 0.25) is 0 Å². The lowest BCUT2D eigenvalue weighted by Gasteiger charge is -2.27. The van der Waals surface area contributed by atoms with Gasteiger partial charge in [0, 0.05) is 23.6 Å². The second kappa shape index (κ2) is 4.65. The summed E-state index contributed by atoms with van der Waals surface area (Å²) in [4.78, 5) is 0. The largest absolute Gasteiger partial charge is 0.496 e. The molecule has 3 heteroatoms. The molecule has 94 valence electrons. The molecule has 2 nitrogen and oxygen atoms in total. The van der Waals surface area contributed by atoms with E-state index < -0.39 is 0 Å². The molecule has 1 fully saturated rings. The van der Waals surface area contributed by atoms with Gasteiger partial charge in [-0.15, -0.1) is 0 Å². The minimum atomic E-state index is -0.208. The number of benzene rings is 1. The van der Waals surface area contributed by atoms with E-state index in [-0.39, 0.29) is 11.2 Å². The molecule has 0 heterocycles. The van der Waals surface area contributed by atoms with Crippen molar-refractivity contribution in [1.82, 2.24) is 5.32 Å². The van der Waals surface area contributed by atoms with E-state index in [9.17, 15) is 4.39 Å². The maximum Gasteiger partial charge on any atom is 0.123 e. The van der Waals surface area contributed by atoms with E-state index in [1.807, 2.05) is 0 Å². The minimum absolute atomic E-state index is 0.129. The fourth-order valence-corrected chi connectivity index (χ4v) is 1.99. The van der Waals surface area contributed by atoms with E-state index >= 15 is 0 Å². The van der Waals surface area contributed by atoms with Gasteiger partial charge in [0.15, 0.2) is 0 Å². The van der Waals surface area contributed by atoms with Crippen molar-refractivity contribution in [2.45, 2.75) is 38.1 Å². The van der Waals surface area contributed by atoms with Crippen molar-refractivity contribution in [3.8, 4) is 5.75 Å². The Bertz CT molecular complexity index is 399. The highest BCUT2D eigenvalue weighted by atomic mass is 19.1. The third-order valence-electron chi connectivity index (χ3n) is 3.30. The number of hydrogen-bond acceptors (Lipinski definition) is 2. The third kappa shape index (κ3) is 2.97. The summed E-state index contributed by atoms with van der Waals surface area (Å²) in [7, 11) is 1.63. The van der Waals surface area contributed by atoms with Gasteiger partial charge in [0.2, 0.25) is 0 Å². The maximum atomic E-state index is 13.3. The monoisotopic (exact) mass is 237 g/mol. The normalized spacial score (nSPS) is 16.0. The van der Waals surface area contributed by atoms with E-state index in [4.69, 9.17) is 4.74 Å². The van der Waals surface area contributed by atoms with E-state index in [0.29, 0.717) is 6.04 Å². The van der Waals surface area contributed by atoms with Crippen molar-refractivity contribution >= 4 is 0 Å². The van der Waals surface area contributed by atoms with Gasteiger partial charge in [-0.25, -0.2) is 4.39 Å². The molecule has 17 heavy (non-hydrogen) atoms. The standard InChI is InChI=1S/C14H20FNO/c1-14(2,9-16-11-5-6-11)12-8-10(15)4-7-13(12)17-3/h4,7-8,11,16H,5-6,9H2,1-3H3. The van der Waals surface area contributed by atoms with Crippen LogP contribution in [0, 0.1) is 5.82 Å². The highest BCUT2D eigenvalue weighted by Crippen LogP contribution is 2.32. The number of rotatable bonds is 5. The topological polar surface area (TPSA) is 21.3 Å². The molecule has 0 bridgehead atoms. The van der Waals surface area contributed by atoms with Gasteiger partial charge in [-0.05, 0) is 31.0 Å². The first kappa shape index (κ1) is 12.4. The zero-order chi connectivity index (χ0) is 12.5. The number of hydrogen-bond donors (Lipinski definition) is 1. The maximum absolute atomic E-state index is 13.3. The van der Waals surface area contributed by atoms with Gasteiger partial charge >= 0.3 is 0 Å². The van der Waals surface area contributed by atoms with Crippen LogP contribution in [-0.2, 0) is 5.41 Å². The first-order valence-electron chi connectivity index (χ1n) is 6.10. The Morgan fingerprint density at radius 2 is 2.12 bits per heavy atom. The fraction of sp³-hybridized carbons (Fsp3) is 0.571. The van der Waals surface area contributed by atoms with Crippen molar-refractivity contribution in [3.05, 3.63) is 29.6 Å². The summed E-state index contributed by atoms with van der Waals surface area (Å²) >= 11 is 0. The second-order valence-electron chi connectivity index (χ2n) is 5.38. The molecular weight excluding hydrogens is 217 g/mol. The first-order valence-corrected chi connectivity index (χ1v) is 6.10. The smallest absolute Gasteiger partial charge is 0.123 e. The molecule has 1 N–H and O–H groups in total. The van der Waals surface area contributed by atoms with E-state index in [0.717, 1.165) is 17.9 Å². The Kier molecular flexibility index (Phi) is 3.38. The predicted octanol–water partition coefficient (Wildman–Crippen LogP) is 2.86. The molecule has 0 radical (unpaired) electrons. The SMILES string of the molecule is COc1ccc(F)cc1C(C)(C)CNC1CC1. The Balaban J connectivity index is 2.19. The zero-order valence-electron chi connectivity index (χ0n) is 10.7. The van der Waals surface area contributed by atoms with Crippen LogP contribution in [0.15, 0.2) is 18.2 Å². The Morgan fingerprint density at radius 1 is 1.41 bits per heavy atom. The summed E-state index contributed by atoms with van der Waals surface area (Å²) in [5, 5.41) is 3.49. The van der Waals surface area contributed by atoms with E-state index in [1.165, 1.54) is 18.9 Å². The lowest BCUT2D eigenvalue weighted by Crippen LogP contribution is -2.34. The Morgan fingerprint density at radius 3 is 2.71 bits per heavy atom. The second-order valence-corrected chi connectivity index (χ2v) is 5.38. The molecule has 0 atom stereocenters. The van der Waals surface area contributed by atoms with Gasteiger partial charge in [-0.3, -0.25) is 0 Å². The average molecular weight is 237 g/mol. The molecule has 1 saturated carbocycles. The Labute approximate surface area is 102 Å². The van der Waals surface area contributed by atoms with Gasteiger partial charge in [0.1, 0.15) is 11.6 Å². The molecule has 0 spiro atoms. The summed E-state index contributed by atoms with van der Waals surface area (Å²) in [6, 6.07) is 5.37.